The lowest BCUT2D eigenvalue weighted by Crippen LogP contribution is -1.92. The molecule has 0 aromatic rings. The molecule has 1 N–H and O–H groups in total. The second-order valence-corrected chi connectivity index (χ2v) is 7.03. The highest BCUT2D eigenvalue weighted by atomic mass is 31.2. The molecule has 116 valence electrons. The van der Waals surface area contributed by atoms with Crippen molar-refractivity contribution in [2.45, 2.75) is 64.2 Å². The van der Waals surface area contributed by atoms with Gasteiger partial charge in [0.2, 0.25) is 0 Å². The molecule has 0 saturated carbocycles. The normalized spacial score (nSPS) is 14.5. The molecule has 0 radical (unpaired) electrons. The zero-order valence-electron chi connectivity index (χ0n) is 12.6. The van der Waals surface area contributed by atoms with E-state index in [9.17, 15) is 4.57 Å². The Balaban J connectivity index is 3.01. The van der Waals surface area contributed by atoms with E-state index in [1.54, 1.807) is 7.11 Å². The topological polar surface area (TPSA) is 55.8 Å². The van der Waals surface area contributed by atoms with Crippen LogP contribution in [0, 0.1) is 0 Å². The number of unbranched alkanes of at least 4 members (excludes halogenated alkanes) is 9. The van der Waals surface area contributed by atoms with E-state index in [2.05, 4.69) is 0 Å². The summed E-state index contributed by atoms with van der Waals surface area (Å²) in [5.74, 6) is 0. The number of methoxy groups -OCH3 is 1. The Bertz CT molecular complexity index is 227. The van der Waals surface area contributed by atoms with E-state index in [4.69, 9.17) is 14.2 Å². The summed E-state index contributed by atoms with van der Waals surface area (Å²) in [5.41, 5.74) is 0. The highest BCUT2D eigenvalue weighted by Crippen LogP contribution is 2.36. The van der Waals surface area contributed by atoms with Crippen molar-refractivity contribution in [3.8, 4) is 0 Å². The van der Waals surface area contributed by atoms with Gasteiger partial charge in [0.15, 0.2) is 0 Å². The van der Waals surface area contributed by atoms with E-state index in [-0.39, 0.29) is 0 Å². The Labute approximate surface area is 118 Å². The molecular weight excluding hydrogens is 263 g/mol. The van der Waals surface area contributed by atoms with Crippen molar-refractivity contribution < 1.29 is 18.7 Å². The quantitative estimate of drug-likeness (QED) is 0.382. The van der Waals surface area contributed by atoms with E-state index < -0.39 is 7.60 Å². The van der Waals surface area contributed by atoms with Crippen LogP contribution >= 0.6 is 7.60 Å². The number of hydrogen-bond acceptors (Lipinski definition) is 3. The maximum absolute atomic E-state index is 10.8. The van der Waals surface area contributed by atoms with Gasteiger partial charge >= 0.3 is 7.60 Å². The summed E-state index contributed by atoms with van der Waals surface area (Å²) in [5, 5.41) is 0. The van der Waals surface area contributed by atoms with Gasteiger partial charge in [0.1, 0.15) is 0 Å². The van der Waals surface area contributed by atoms with Gasteiger partial charge in [-0.15, -0.1) is 0 Å². The van der Waals surface area contributed by atoms with Crippen LogP contribution in [0.4, 0.5) is 0 Å². The summed E-state index contributed by atoms with van der Waals surface area (Å²) in [6.07, 6.45) is 12.2. The lowest BCUT2D eigenvalue weighted by Gasteiger charge is -2.06. The van der Waals surface area contributed by atoms with Crippen molar-refractivity contribution in [2.24, 2.45) is 0 Å². The minimum Gasteiger partial charge on any atom is -0.385 e. The van der Waals surface area contributed by atoms with Gasteiger partial charge in [-0.05, 0) is 12.8 Å². The van der Waals surface area contributed by atoms with E-state index in [0.717, 1.165) is 19.4 Å². The molecule has 0 fully saturated rings. The minimum atomic E-state index is -3.26. The predicted molar refractivity (Wildman–Crippen MR) is 79.7 cm³/mol. The predicted octanol–water partition coefficient (Wildman–Crippen LogP) is 4.37. The first-order chi connectivity index (χ1) is 9.06. The summed E-state index contributed by atoms with van der Waals surface area (Å²) >= 11 is 0. The summed E-state index contributed by atoms with van der Waals surface area (Å²) in [4.78, 5) is 8.92. The first-order valence-electron chi connectivity index (χ1n) is 7.50. The van der Waals surface area contributed by atoms with Crippen LogP contribution in [0.15, 0.2) is 0 Å². The Morgan fingerprint density at radius 2 is 1.16 bits per heavy atom. The first kappa shape index (κ1) is 19.1. The third-order valence-electron chi connectivity index (χ3n) is 3.07. The van der Waals surface area contributed by atoms with Gasteiger partial charge in [0, 0.05) is 20.4 Å². The van der Waals surface area contributed by atoms with Crippen LogP contribution in [0.25, 0.3) is 0 Å². The molecule has 0 spiro atoms. The summed E-state index contributed by atoms with van der Waals surface area (Å²) in [6, 6.07) is 0. The summed E-state index contributed by atoms with van der Waals surface area (Å²) in [6.45, 7) is 2.53. The molecule has 0 heterocycles. The maximum atomic E-state index is 10.8. The van der Waals surface area contributed by atoms with Crippen LogP contribution in [-0.2, 0) is 13.8 Å². The molecule has 0 saturated heterocycles. The Hall–Kier alpha value is 0.110. The molecule has 0 rings (SSSR count). The average Bonchev–Trinajstić information content (AvgIpc) is 2.34. The Morgan fingerprint density at radius 3 is 1.53 bits per heavy atom. The molecule has 1 atom stereocenters. The van der Waals surface area contributed by atoms with Gasteiger partial charge in [0.25, 0.3) is 0 Å². The minimum absolute atomic E-state index is 0.407. The lowest BCUT2D eigenvalue weighted by molar-refractivity contribution is 0.192. The summed E-state index contributed by atoms with van der Waals surface area (Å²) in [7, 11) is -1.50. The standard InChI is InChI=1S/C14H31O4P/c1-17-13-11-9-7-5-3-4-6-8-10-12-14-18-19(2,15)16/h3-14H2,1-2H3,(H,15,16). The summed E-state index contributed by atoms with van der Waals surface area (Å²) < 4.78 is 20.7. The first-order valence-corrected chi connectivity index (χ1v) is 9.52. The smallest absolute Gasteiger partial charge is 0.325 e. The van der Waals surface area contributed by atoms with E-state index in [0.29, 0.717) is 6.61 Å². The molecule has 19 heavy (non-hydrogen) atoms. The number of rotatable bonds is 14. The highest BCUT2D eigenvalue weighted by molar-refractivity contribution is 7.51. The fourth-order valence-corrected chi connectivity index (χ4v) is 2.46. The molecule has 0 aromatic heterocycles. The Kier molecular flexibility index (Phi) is 13.2. The van der Waals surface area contributed by atoms with E-state index >= 15 is 0 Å². The zero-order chi connectivity index (χ0) is 14.4. The molecule has 1 unspecified atom stereocenters. The van der Waals surface area contributed by atoms with Gasteiger partial charge in [-0.3, -0.25) is 4.57 Å². The second kappa shape index (κ2) is 13.1. The maximum Gasteiger partial charge on any atom is 0.325 e. The number of ether oxygens (including phenoxy) is 1. The van der Waals surface area contributed by atoms with Gasteiger partial charge in [0.05, 0.1) is 6.61 Å². The van der Waals surface area contributed by atoms with Crippen molar-refractivity contribution in [3.63, 3.8) is 0 Å². The van der Waals surface area contributed by atoms with Crippen molar-refractivity contribution in [3.05, 3.63) is 0 Å². The van der Waals surface area contributed by atoms with Crippen molar-refractivity contribution in [1.82, 2.24) is 0 Å². The van der Waals surface area contributed by atoms with Crippen molar-refractivity contribution >= 4 is 7.60 Å². The fraction of sp³-hybridized carbons (Fsp3) is 1.00. The monoisotopic (exact) mass is 294 g/mol. The molecule has 0 aliphatic heterocycles. The molecule has 0 bridgehead atoms. The Morgan fingerprint density at radius 1 is 0.789 bits per heavy atom. The van der Waals surface area contributed by atoms with Gasteiger partial charge in [-0.25, -0.2) is 0 Å². The largest absolute Gasteiger partial charge is 0.385 e. The average molecular weight is 294 g/mol. The third kappa shape index (κ3) is 18.1. The van der Waals surface area contributed by atoms with Gasteiger partial charge in [-0.2, -0.15) is 0 Å². The van der Waals surface area contributed by atoms with Crippen LogP contribution in [0.5, 0.6) is 0 Å². The molecule has 5 heteroatoms. The number of hydrogen-bond donors (Lipinski definition) is 1. The van der Waals surface area contributed by atoms with Crippen LogP contribution in [0.1, 0.15) is 64.2 Å². The molecular formula is C14H31O4P. The molecule has 0 aliphatic carbocycles. The van der Waals surface area contributed by atoms with Crippen LogP contribution in [-0.4, -0.2) is 31.9 Å². The van der Waals surface area contributed by atoms with Crippen LogP contribution in [0.2, 0.25) is 0 Å². The van der Waals surface area contributed by atoms with Crippen LogP contribution in [0.3, 0.4) is 0 Å². The SMILES string of the molecule is COCCCCCCCCCCCCOP(C)(=O)O. The highest BCUT2D eigenvalue weighted by Gasteiger charge is 2.08. The zero-order valence-corrected chi connectivity index (χ0v) is 13.5. The molecule has 0 amide bonds. The molecule has 0 aromatic carbocycles. The van der Waals surface area contributed by atoms with Gasteiger partial charge in [-0.1, -0.05) is 51.4 Å². The molecule has 4 nitrogen and oxygen atoms in total. The van der Waals surface area contributed by atoms with E-state index in [1.165, 1.54) is 58.0 Å². The van der Waals surface area contributed by atoms with E-state index in [1.807, 2.05) is 0 Å². The van der Waals surface area contributed by atoms with Crippen LogP contribution < -0.4 is 0 Å². The third-order valence-corrected chi connectivity index (χ3v) is 3.74. The second-order valence-electron chi connectivity index (χ2n) is 5.16. The molecule has 0 aliphatic rings. The van der Waals surface area contributed by atoms with Crippen molar-refractivity contribution in [1.29, 1.82) is 0 Å². The van der Waals surface area contributed by atoms with Gasteiger partial charge < -0.3 is 14.2 Å². The lowest BCUT2D eigenvalue weighted by atomic mass is 10.1. The fourth-order valence-electron chi connectivity index (χ4n) is 2.00. The van der Waals surface area contributed by atoms with Crippen molar-refractivity contribution in [2.75, 3.05) is 27.0 Å².